The van der Waals surface area contributed by atoms with Crippen LogP contribution in [0.25, 0.3) is 0 Å². The SMILES string of the molecule is COc1ccc(Oc2ccc(S(=O)(=O)NCCC3CCNC3)cc2)cc1. The van der Waals surface area contributed by atoms with Gasteiger partial charge in [-0.25, -0.2) is 13.1 Å². The average Bonchev–Trinajstić information content (AvgIpc) is 3.16. The molecule has 0 radical (unpaired) electrons. The summed E-state index contributed by atoms with van der Waals surface area (Å²) in [6, 6.07) is 13.6. The third-order valence-corrected chi connectivity index (χ3v) is 5.91. The zero-order valence-electron chi connectivity index (χ0n) is 14.8. The minimum absolute atomic E-state index is 0.240. The first kappa shape index (κ1) is 18.7. The lowest BCUT2D eigenvalue weighted by Gasteiger charge is -2.11. The van der Waals surface area contributed by atoms with Crippen molar-refractivity contribution in [2.75, 3.05) is 26.7 Å². The molecule has 2 aromatic rings. The van der Waals surface area contributed by atoms with Gasteiger partial charge in [0.05, 0.1) is 12.0 Å². The van der Waals surface area contributed by atoms with Crippen LogP contribution in [-0.2, 0) is 10.0 Å². The Morgan fingerprint density at radius 3 is 2.23 bits per heavy atom. The number of nitrogens with one attached hydrogen (secondary N) is 2. The smallest absolute Gasteiger partial charge is 0.240 e. The van der Waals surface area contributed by atoms with Gasteiger partial charge in [-0.15, -0.1) is 0 Å². The number of ether oxygens (including phenoxy) is 2. The number of hydrogen-bond donors (Lipinski definition) is 2. The second-order valence-electron chi connectivity index (χ2n) is 6.29. The van der Waals surface area contributed by atoms with Crippen LogP contribution in [0.4, 0.5) is 0 Å². The van der Waals surface area contributed by atoms with Crippen LogP contribution in [0, 0.1) is 5.92 Å². The second kappa shape index (κ2) is 8.53. The maximum Gasteiger partial charge on any atom is 0.240 e. The molecule has 1 heterocycles. The van der Waals surface area contributed by atoms with E-state index in [0.717, 1.165) is 31.7 Å². The summed E-state index contributed by atoms with van der Waals surface area (Å²) in [4.78, 5) is 0.240. The van der Waals surface area contributed by atoms with Crippen LogP contribution >= 0.6 is 0 Å². The zero-order valence-corrected chi connectivity index (χ0v) is 15.6. The van der Waals surface area contributed by atoms with Crippen molar-refractivity contribution in [3.05, 3.63) is 48.5 Å². The van der Waals surface area contributed by atoms with Gasteiger partial charge in [0.2, 0.25) is 10.0 Å². The highest BCUT2D eigenvalue weighted by Gasteiger charge is 2.17. The second-order valence-corrected chi connectivity index (χ2v) is 8.06. The van der Waals surface area contributed by atoms with E-state index in [2.05, 4.69) is 10.0 Å². The summed E-state index contributed by atoms with van der Waals surface area (Å²) in [5, 5.41) is 3.29. The fourth-order valence-electron chi connectivity index (χ4n) is 2.91. The maximum absolute atomic E-state index is 12.4. The number of sulfonamides is 1. The van der Waals surface area contributed by atoms with Crippen molar-refractivity contribution in [2.45, 2.75) is 17.7 Å². The van der Waals surface area contributed by atoms with Crippen LogP contribution in [0.15, 0.2) is 53.4 Å². The molecule has 0 saturated carbocycles. The van der Waals surface area contributed by atoms with Crippen LogP contribution in [0.2, 0.25) is 0 Å². The van der Waals surface area contributed by atoms with Crippen molar-refractivity contribution in [1.82, 2.24) is 10.0 Å². The summed E-state index contributed by atoms with van der Waals surface area (Å²) in [5.74, 6) is 2.53. The standard InChI is InChI=1S/C19H24N2O4S/c1-24-16-2-4-17(5-3-16)25-18-6-8-19(9-7-18)26(22,23)21-13-11-15-10-12-20-14-15/h2-9,15,20-21H,10-14H2,1H3. The van der Waals surface area contributed by atoms with E-state index in [1.54, 1.807) is 55.6 Å². The Kier molecular flexibility index (Phi) is 6.13. The molecule has 140 valence electrons. The molecule has 3 rings (SSSR count). The van der Waals surface area contributed by atoms with Gasteiger partial charge in [-0.05, 0) is 80.4 Å². The average molecular weight is 376 g/mol. The highest BCUT2D eigenvalue weighted by molar-refractivity contribution is 7.89. The molecule has 2 aromatic carbocycles. The zero-order chi connectivity index (χ0) is 18.4. The predicted octanol–water partition coefficient (Wildman–Crippen LogP) is 2.77. The topological polar surface area (TPSA) is 76.7 Å². The van der Waals surface area contributed by atoms with Crippen LogP contribution in [-0.4, -0.2) is 35.2 Å². The largest absolute Gasteiger partial charge is 0.497 e. The highest BCUT2D eigenvalue weighted by Crippen LogP contribution is 2.25. The Labute approximate surface area is 154 Å². The van der Waals surface area contributed by atoms with Crippen LogP contribution in [0.3, 0.4) is 0 Å². The lowest BCUT2D eigenvalue weighted by Crippen LogP contribution is -2.26. The van der Waals surface area contributed by atoms with E-state index >= 15 is 0 Å². The number of hydrogen-bond acceptors (Lipinski definition) is 5. The molecule has 0 aromatic heterocycles. The van der Waals surface area contributed by atoms with E-state index in [4.69, 9.17) is 9.47 Å². The fourth-order valence-corrected chi connectivity index (χ4v) is 3.96. The predicted molar refractivity (Wildman–Crippen MR) is 100 cm³/mol. The molecule has 6 nitrogen and oxygen atoms in total. The van der Waals surface area contributed by atoms with Gasteiger partial charge in [-0.3, -0.25) is 0 Å². The van der Waals surface area contributed by atoms with Gasteiger partial charge >= 0.3 is 0 Å². The Bertz CT molecular complexity index is 798. The first-order chi connectivity index (χ1) is 12.6. The summed E-state index contributed by atoms with van der Waals surface area (Å²) in [5.41, 5.74) is 0. The van der Waals surface area contributed by atoms with Crippen LogP contribution in [0.1, 0.15) is 12.8 Å². The number of rotatable bonds is 8. The molecule has 1 atom stereocenters. The molecule has 2 N–H and O–H groups in total. The Hall–Kier alpha value is -2.09. The third-order valence-electron chi connectivity index (χ3n) is 4.44. The van der Waals surface area contributed by atoms with E-state index < -0.39 is 10.0 Å². The molecule has 7 heteroatoms. The van der Waals surface area contributed by atoms with E-state index in [1.165, 1.54) is 0 Å². The third kappa shape index (κ3) is 4.97. The molecule has 26 heavy (non-hydrogen) atoms. The first-order valence-corrected chi connectivity index (χ1v) is 10.2. The van der Waals surface area contributed by atoms with Gasteiger partial charge in [-0.2, -0.15) is 0 Å². The Morgan fingerprint density at radius 1 is 1.04 bits per heavy atom. The Balaban J connectivity index is 1.56. The van der Waals surface area contributed by atoms with Gasteiger partial charge in [0.15, 0.2) is 0 Å². The first-order valence-electron chi connectivity index (χ1n) is 8.69. The molecule has 0 spiro atoms. The van der Waals surface area contributed by atoms with Gasteiger partial charge < -0.3 is 14.8 Å². The number of methoxy groups -OCH3 is 1. The normalized spacial score (nSPS) is 17.2. The summed E-state index contributed by atoms with van der Waals surface area (Å²) < 4.78 is 38.2. The fraction of sp³-hybridized carbons (Fsp3) is 0.368. The summed E-state index contributed by atoms with van der Waals surface area (Å²) in [7, 11) is -1.89. The number of benzene rings is 2. The molecule has 1 aliphatic rings. The molecule has 0 bridgehead atoms. The van der Waals surface area contributed by atoms with Crippen molar-refractivity contribution < 1.29 is 17.9 Å². The monoisotopic (exact) mass is 376 g/mol. The van der Waals surface area contributed by atoms with Crippen LogP contribution in [0.5, 0.6) is 17.2 Å². The summed E-state index contributed by atoms with van der Waals surface area (Å²) in [6.45, 7) is 2.45. The highest BCUT2D eigenvalue weighted by atomic mass is 32.2. The molecule has 1 unspecified atom stereocenters. The van der Waals surface area contributed by atoms with E-state index in [9.17, 15) is 8.42 Å². The van der Waals surface area contributed by atoms with Gasteiger partial charge in [-0.1, -0.05) is 0 Å². The molecule has 1 fully saturated rings. The molecule has 0 aliphatic carbocycles. The minimum atomic E-state index is -3.49. The molecule has 1 aliphatic heterocycles. The van der Waals surface area contributed by atoms with Gasteiger partial charge in [0.25, 0.3) is 0 Å². The van der Waals surface area contributed by atoms with Gasteiger partial charge in [0.1, 0.15) is 17.2 Å². The van der Waals surface area contributed by atoms with Crippen molar-refractivity contribution in [1.29, 1.82) is 0 Å². The van der Waals surface area contributed by atoms with Crippen molar-refractivity contribution >= 4 is 10.0 Å². The van der Waals surface area contributed by atoms with E-state index in [0.29, 0.717) is 24.0 Å². The lowest BCUT2D eigenvalue weighted by atomic mass is 10.1. The molecule has 0 amide bonds. The van der Waals surface area contributed by atoms with Crippen molar-refractivity contribution in [3.63, 3.8) is 0 Å². The van der Waals surface area contributed by atoms with Crippen LogP contribution < -0.4 is 19.5 Å². The molecule has 1 saturated heterocycles. The minimum Gasteiger partial charge on any atom is -0.497 e. The summed E-state index contributed by atoms with van der Waals surface area (Å²) >= 11 is 0. The quantitative estimate of drug-likeness (QED) is 0.741. The molecular formula is C19H24N2O4S. The van der Waals surface area contributed by atoms with Crippen molar-refractivity contribution in [3.8, 4) is 17.2 Å². The van der Waals surface area contributed by atoms with Crippen molar-refractivity contribution in [2.24, 2.45) is 5.92 Å². The lowest BCUT2D eigenvalue weighted by molar-refractivity contribution is 0.413. The Morgan fingerprint density at radius 2 is 1.65 bits per heavy atom. The van der Waals surface area contributed by atoms with E-state index in [1.807, 2.05) is 0 Å². The summed E-state index contributed by atoms with van der Waals surface area (Å²) in [6.07, 6.45) is 1.96. The van der Waals surface area contributed by atoms with E-state index in [-0.39, 0.29) is 4.90 Å². The maximum atomic E-state index is 12.4. The molecular weight excluding hydrogens is 352 g/mol. The van der Waals surface area contributed by atoms with Gasteiger partial charge in [0, 0.05) is 6.54 Å².